The van der Waals surface area contributed by atoms with Crippen molar-refractivity contribution < 1.29 is 9.13 Å². The summed E-state index contributed by atoms with van der Waals surface area (Å²) >= 11 is 0. The minimum atomic E-state index is -1.03. The first-order valence-electron chi connectivity index (χ1n) is 10.2. The fraction of sp³-hybridized carbons (Fsp3) is 0.308. The van der Waals surface area contributed by atoms with E-state index in [1.54, 1.807) is 6.08 Å². The molecule has 0 fully saturated rings. The predicted molar refractivity (Wildman–Crippen MR) is 117 cm³/mol. The summed E-state index contributed by atoms with van der Waals surface area (Å²) in [5.41, 5.74) is 1.79. The fourth-order valence-corrected chi connectivity index (χ4v) is 3.67. The van der Waals surface area contributed by atoms with Crippen molar-refractivity contribution in [2.75, 3.05) is 6.61 Å². The van der Waals surface area contributed by atoms with E-state index in [0.29, 0.717) is 6.61 Å². The number of ether oxygens (including phenoxy) is 1. The highest BCUT2D eigenvalue weighted by molar-refractivity contribution is 5.83. The van der Waals surface area contributed by atoms with Gasteiger partial charge in [-0.1, -0.05) is 87.4 Å². The molecule has 2 unspecified atom stereocenters. The molecule has 0 saturated heterocycles. The average Bonchev–Trinajstić information content (AvgIpc) is 2.75. The van der Waals surface area contributed by atoms with Gasteiger partial charge in [0, 0.05) is 5.92 Å². The molecule has 0 saturated carbocycles. The molecule has 146 valence electrons. The topological polar surface area (TPSA) is 9.23 Å². The van der Waals surface area contributed by atoms with Gasteiger partial charge in [0.15, 0.2) is 0 Å². The Morgan fingerprint density at radius 3 is 2.36 bits per heavy atom. The van der Waals surface area contributed by atoms with Gasteiger partial charge in [-0.3, -0.25) is 0 Å². The van der Waals surface area contributed by atoms with E-state index in [2.05, 4.69) is 19.6 Å². The van der Waals surface area contributed by atoms with E-state index in [9.17, 15) is 0 Å². The molecule has 0 spiro atoms. The Bertz CT molecular complexity index is 884. The van der Waals surface area contributed by atoms with Crippen LogP contribution in [0.25, 0.3) is 10.8 Å². The number of hydrogen-bond acceptors (Lipinski definition) is 1. The normalized spacial score (nSPS) is 13.2. The highest BCUT2D eigenvalue weighted by Crippen LogP contribution is 2.39. The molecule has 3 aromatic rings. The maximum absolute atomic E-state index is 15.7. The van der Waals surface area contributed by atoms with Crippen LogP contribution in [-0.2, 0) is 0 Å². The first-order chi connectivity index (χ1) is 13.7. The lowest BCUT2D eigenvalue weighted by atomic mass is 9.85. The molecular formula is C26H29FO. The summed E-state index contributed by atoms with van der Waals surface area (Å²) < 4.78 is 21.3. The predicted octanol–water partition coefficient (Wildman–Crippen LogP) is 7.78. The summed E-state index contributed by atoms with van der Waals surface area (Å²) in [6.45, 7) is 6.32. The first kappa shape index (κ1) is 20.1. The minimum absolute atomic E-state index is 0.152. The monoisotopic (exact) mass is 376 g/mol. The van der Waals surface area contributed by atoms with Gasteiger partial charge in [0.05, 0.1) is 0 Å². The molecule has 0 amide bonds. The second-order valence-electron chi connectivity index (χ2n) is 7.28. The average molecular weight is 377 g/mol. The molecule has 1 nitrogen and oxygen atoms in total. The first-order valence-corrected chi connectivity index (χ1v) is 10.2. The van der Waals surface area contributed by atoms with E-state index in [4.69, 9.17) is 4.74 Å². The van der Waals surface area contributed by atoms with Gasteiger partial charge >= 0.3 is 0 Å². The van der Waals surface area contributed by atoms with Crippen LogP contribution in [0.15, 0.2) is 79.4 Å². The van der Waals surface area contributed by atoms with Crippen LogP contribution in [0, 0.1) is 0 Å². The smallest absolute Gasteiger partial charge is 0.132 e. The van der Waals surface area contributed by atoms with E-state index in [1.807, 2.05) is 60.7 Å². The number of unbranched alkanes of at least 4 members (excludes halogenated alkanes) is 2. The van der Waals surface area contributed by atoms with E-state index in [0.717, 1.165) is 53.3 Å². The molecule has 28 heavy (non-hydrogen) atoms. The highest BCUT2D eigenvalue weighted by Gasteiger charge is 2.24. The standard InChI is InChI=1S/C26H29FO/c1-3-5-6-11-25(21-14-16-24(17-15-21)28-18-4-2)26(27)23-13-12-20-9-7-8-10-22(20)19-23/h4,7-10,12-17,19,25-26H,2-3,5-6,11,18H2,1H3. The van der Waals surface area contributed by atoms with Crippen molar-refractivity contribution in [1.82, 2.24) is 0 Å². The summed E-state index contributed by atoms with van der Waals surface area (Å²) in [5.74, 6) is 0.637. The lowest BCUT2D eigenvalue weighted by molar-refractivity contribution is 0.273. The summed E-state index contributed by atoms with van der Waals surface area (Å²) in [4.78, 5) is 0. The van der Waals surface area contributed by atoms with Gasteiger partial charge in [-0.05, 0) is 46.5 Å². The zero-order chi connectivity index (χ0) is 19.8. The molecule has 3 aromatic carbocycles. The van der Waals surface area contributed by atoms with Crippen LogP contribution in [0.2, 0.25) is 0 Å². The van der Waals surface area contributed by atoms with Gasteiger partial charge < -0.3 is 4.74 Å². The quantitative estimate of drug-likeness (QED) is 0.259. The SMILES string of the molecule is C=CCOc1ccc(C(CCCCC)C(F)c2ccc3ccccc3c2)cc1. The molecule has 0 aliphatic carbocycles. The van der Waals surface area contributed by atoms with Crippen LogP contribution >= 0.6 is 0 Å². The van der Waals surface area contributed by atoms with Crippen LogP contribution in [0.5, 0.6) is 5.75 Å². The molecule has 3 rings (SSSR count). The van der Waals surface area contributed by atoms with E-state index >= 15 is 4.39 Å². The second-order valence-corrected chi connectivity index (χ2v) is 7.28. The Morgan fingerprint density at radius 2 is 1.64 bits per heavy atom. The van der Waals surface area contributed by atoms with Crippen LogP contribution in [0.1, 0.15) is 55.8 Å². The van der Waals surface area contributed by atoms with E-state index < -0.39 is 6.17 Å². The van der Waals surface area contributed by atoms with Gasteiger partial charge in [-0.2, -0.15) is 0 Å². The molecule has 2 atom stereocenters. The van der Waals surface area contributed by atoms with Gasteiger partial charge in [0.2, 0.25) is 0 Å². The van der Waals surface area contributed by atoms with Gasteiger partial charge in [0.1, 0.15) is 18.5 Å². The van der Waals surface area contributed by atoms with E-state index in [-0.39, 0.29) is 5.92 Å². The minimum Gasteiger partial charge on any atom is -0.490 e. The van der Waals surface area contributed by atoms with Gasteiger partial charge in [-0.25, -0.2) is 4.39 Å². The Morgan fingerprint density at radius 1 is 0.929 bits per heavy atom. The Balaban J connectivity index is 1.85. The third kappa shape index (κ3) is 5.01. The Hall–Kier alpha value is -2.61. The van der Waals surface area contributed by atoms with Crippen molar-refractivity contribution in [3.05, 3.63) is 90.5 Å². The molecule has 0 heterocycles. The molecule has 0 aliphatic heterocycles. The van der Waals surface area contributed by atoms with Crippen LogP contribution in [0.3, 0.4) is 0 Å². The van der Waals surface area contributed by atoms with Crippen molar-refractivity contribution in [3.8, 4) is 5.75 Å². The fourth-order valence-electron chi connectivity index (χ4n) is 3.67. The van der Waals surface area contributed by atoms with Crippen molar-refractivity contribution in [3.63, 3.8) is 0 Å². The summed E-state index contributed by atoms with van der Waals surface area (Å²) in [6, 6.07) is 21.9. The summed E-state index contributed by atoms with van der Waals surface area (Å²) in [5, 5.41) is 2.23. The van der Waals surface area contributed by atoms with Crippen LogP contribution < -0.4 is 4.74 Å². The highest BCUT2D eigenvalue weighted by atomic mass is 19.1. The van der Waals surface area contributed by atoms with Gasteiger partial charge in [-0.15, -0.1) is 0 Å². The lowest BCUT2D eigenvalue weighted by Crippen LogP contribution is -2.08. The molecule has 0 aliphatic rings. The maximum atomic E-state index is 15.7. The third-order valence-corrected chi connectivity index (χ3v) is 5.24. The molecule has 0 aromatic heterocycles. The Kier molecular flexibility index (Phi) is 7.25. The number of alkyl halides is 1. The molecule has 0 bridgehead atoms. The number of benzene rings is 3. The zero-order valence-corrected chi connectivity index (χ0v) is 16.6. The van der Waals surface area contributed by atoms with Gasteiger partial charge in [0.25, 0.3) is 0 Å². The third-order valence-electron chi connectivity index (χ3n) is 5.24. The Labute approximate surface area is 167 Å². The lowest BCUT2D eigenvalue weighted by Gasteiger charge is -2.23. The molecular weight excluding hydrogens is 347 g/mol. The number of halogens is 1. The summed E-state index contributed by atoms with van der Waals surface area (Å²) in [6.07, 6.45) is 4.83. The van der Waals surface area contributed by atoms with Crippen molar-refractivity contribution in [2.45, 2.75) is 44.7 Å². The van der Waals surface area contributed by atoms with Crippen LogP contribution in [-0.4, -0.2) is 6.61 Å². The molecule has 2 heteroatoms. The number of hydrogen-bond donors (Lipinski definition) is 0. The zero-order valence-electron chi connectivity index (χ0n) is 16.6. The van der Waals surface area contributed by atoms with Crippen molar-refractivity contribution >= 4 is 10.8 Å². The molecule has 0 radical (unpaired) electrons. The summed E-state index contributed by atoms with van der Waals surface area (Å²) in [7, 11) is 0. The molecule has 0 N–H and O–H groups in total. The second kappa shape index (κ2) is 10.1. The maximum Gasteiger partial charge on any atom is 0.132 e. The van der Waals surface area contributed by atoms with Crippen molar-refractivity contribution in [2.24, 2.45) is 0 Å². The number of fused-ring (bicyclic) bond motifs is 1. The van der Waals surface area contributed by atoms with E-state index in [1.165, 1.54) is 0 Å². The number of rotatable bonds is 10. The van der Waals surface area contributed by atoms with Crippen molar-refractivity contribution in [1.29, 1.82) is 0 Å². The largest absolute Gasteiger partial charge is 0.490 e. The van der Waals surface area contributed by atoms with Crippen LogP contribution in [0.4, 0.5) is 4.39 Å².